The summed E-state index contributed by atoms with van der Waals surface area (Å²) in [6.07, 6.45) is 3.85. The van der Waals surface area contributed by atoms with E-state index in [1.54, 1.807) is 0 Å². The fraction of sp³-hybridized carbons (Fsp3) is 0.0870. The van der Waals surface area contributed by atoms with E-state index in [2.05, 4.69) is 77.9 Å². The van der Waals surface area contributed by atoms with E-state index in [0.29, 0.717) is 5.88 Å². The van der Waals surface area contributed by atoms with Crippen LogP contribution >= 0.6 is 11.6 Å². The summed E-state index contributed by atoms with van der Waals surface area (Å²) in [6.45, 7) is 0. The smallest absolute Gasteiger partial charge is 0.137 e. The molecular formula is C23H19ClN2. The maximum atomic E-state index is 6.01. The van der Waals surface area contributed by atoms with Crippen molar-refractivity contribution in [3.05, 3.63) is 126 Å². The highest BCUT2D eigenvalue weighted by Gasteiger charge is 2.38. The standard InChI is InChI=1S/C23H19ClN2/c24-18-19-12-14-22(15-13-19)23(26-17-7-16-25-26,20-8-3-1-4-9-20)21-10-5-2-6-11-21/h1-17H,18H2. The maximum absolute atomic E-state index is 6.01. The second-order valence-electron chi connectivity index (χ2n) is 6.22. The highest BCUT2D eigenvalue weighted by atomic mass is 35.5. The van der Waals surface area contributed by atoms with E-state index in [1.165, 1.54) is 0 Å². The molecule has 0 fully saturated rings. The van der Waals surface area contributed by atoms with Gasteiger partial charge >= 0.3 is 0 Å². The van der Waals surface area contributed by atoms with E-state index >= 15 is 0 Å². The molecule has 0 spiro atoms. The van der Waals surface area contributed by atoms with Crippen molar-refractivity contribution >= 4 is 11.6 Å². The van der Waals surface area contributed by atoms with E-state index < -0.39 is 5.54 Å². The Morgan fingerprint density at radius 1 is 0.692 bits per heavy atom. The second kappa shape index (κ2) is 7.19. The average molecular weight is 359 g/mol. The quantitative estimate of drug-likeness (QED) is 0.342. The van der Waals surface area contributed by atoms with Crippen LogP contribution in [0.1, 0.15) is 22.3 Å². The van der Waals surface area contributed by atoms with E-state index in [0.717, 1.165) is 22.3 Å². The Morgan fingerprint density at radius 3 is 1.69 bits per heavy atom. The predicted octanol–water partition coefficient (Wildman–Crippen LogP) is 5.46. The Labute approximate surface area is 158 Å². The number of halogens is 1. The molecule has 128 valence electrons. The zero-order chi connectivity index (χ0) is 17.8. The molecule has 0 bridgehead atoms. The number of benzene rings is 3. The molecule has 0 radical (unpaired) electrons. The van der Waals surface area contributed by atoms with Crippen LogP contribution in [0.5, 0.6) is 0 Å². The van der Waals surface area contributed by atoms with Crippen LogP contribution in [0.4, 0.5) is 0 Å². The Hall–Kier alpha value is -2.84. The SMILES string of the molecule is ClCc1ccc(C(c2ccccc2)(c2ccccc2)n2cccn2)cc1. The van der Waals surface area contributed by atoms with Gasteiger partial charge in [-0.2, -0.15) is 5.10 Å². The first-order valence-corrected chi connectivity index (χ1v) is 9.15. The molecule has 1 heterocycles. The number of hydrogen-bond acceptors (Lipinski definition) is 1. The van der Waals surface area contributed by atoms with Crippen molar-refractivity contribution in [3.63, 3.8) is 0 Å². The summed E-state index contributed by atoms with van der Waals surface area (Å²) in [6, 6.07) is 31.5. The summed E-state index contributed by atoms with van der Waals surface area (Å²) in [5.74, 6) is 0.506. The molecule has 0 N–H and O–H groups in total. The number of alkyl halides is 1. The minimum Gasteiger partial charge on any atom is -0.253 e. The third-order valence-corrected chi connectivity index (χ3v) is 5.07. The predicted molar refractivity (Wildman–Crippen MR) is 106 cm³/mol. The molecule has 26 heavy (non-hydrogen) atoms. The van der Waals surface area contributed by atoms with Crippen molar-refractivity contribution in [1.29, 1.82) is 0 Å². The van der Waals surface area contributed by atoms with Crippen LogP contribution in [0.2, 0.25) is 0 Å². The van der Waals surface area contributed by atoms with Gasteiger partial charge in [-0.05, 0) is 28.3 Å². The molecule has 0 aliphatic rings. The fourth-order valence-corrected chi connectivity index (χ4v) is 3.74. The average Bonchev–Trinajstić information content (AvgIpc) is 3.26. The van der Waals surface area contributed by atoms with Crippen LogP contribution in [0, 0.1) is 0 Å². The van der Waals surface area contributed by atoms with Crippen molar-refractivity contribution in [1.82, 2.24) is 9.78 Å². The molecular weight excluding hydrogens is 340 g/mol. The van der Waals surface area contributed by atoms with E-state index in [-0.39, 0.29) is 0 Å². The van der Waals surface area contributed by atoms with Crippen molar-refractivity contribution < 1.29 is 0 Å². The first kappa shape index (κ1) is 16.6. The molecule has 3 heteroatoms. The summed E-state index contributed by atoms with van der Waals surface area (Å²) in [5, 5.41) is 4.65. The van der Waals surface area contributed by atoms with Crippen molar-refractivity contribution in [2.75, 3.05) is 0 Å². The second-order valence-corrected chi connectivity index (χ2v) is 6.49. The van der Waals surface area contributed by atoms with Gasteiger partial charge in [-0.25, -0.2) is 0 Å². The Balaban J connectivity index is 2.07. The largest absolute Gasteiger partial charge is 0.253 e. The molecule has 4 aromatic rings. The third kappa shape index (κ3) is 2.73. The van der Waals surface area contributed by atoms with Gasteiger partial charge in [0.05, 0.1) is 0 Å². The summed E-state index contributed by atoms with van der Waals surface area (Å²) < 4.78 is 2.04. The zero-order valence-corrected chi connectivity index (χ0v) is 15.1. The highest BCUT2D eigenvalue weighted by molar-refractivity contribution is 6.17. The lowest BCUT2D eigenvalue weighted by Crippen LogP contribution is -2.38. The molecule has 0 unspecified atom stereocenters. The van der Waals surface area contributed by atoms with Gasteiger partial charge in [0.15, 0.2) is 0 Å². The first-order chi connectivity index (χ1) is 12.9. The highest BCUT2D eigenvalue weighted by Crippen LogP contribution is 2.40. The molecule has 2 nitrogen and oxygen atoms in total. The van der Waals surface area contributed by atoms with Gasteiger partial charge in [0.2, 0.25) is 0 Å². The van der Waals surface area contributed by atoms with Crippen LogP contribution < -0.4 is 0 Å². The molecule has 0 amide bonds. The summed E-state index contributed by atoms with van der Waals surface area (Å²) in [4.78, 5) is 0. The minimum atomic E-state index is -0.545. The molecule has 0 saturated heterocycles. The topological polar surface area (TPSA) is 17.8 Å². The maximum Gasteiger partial charge on any atom is 0.137 e. The van der Waals surface area contributed by atoms with Gasteiger partial charge in [-0.15, -0.1) is 11.6 Å². The van der Waals surface area contributed by atoms with E-state index in [4.69, 9.17) is 11.6 Å². The van der Waals surface area contributed by atoms with Gasteiger partial charge in [0.25, 0.3) is 0 Å². The molecule has 1 aromatic heterocycles. The summed E-state index contributed by atoms with van der Waals surface area (Å²) >= 11 is 6.01. The lowest BCUT2D eigenvalue weighted by Gasteiger charge is -2.36. The lowest BCUT2D eigenvalue weighted by molar-refractivity contribution is 0.460. The van der Waals surface area contributed by atoms with Gasteiger partial charge in [0, 0.05) is 18.3 Å². The Bertz CT molecular complexity index is 907. The minimum absolute atomic E-state index is 0.506. The molecule has 0 aliphatic heterocycles. The van der Waals surface area contributed by atoms with Crippen LogP contribution in [0.15, 0.2) is 103 Å². The number of hydrogen-bond donors (Lipinski definition) is 0. The van der Waals surface area contributed by atoms with Gasteiger partial charge in [-0.1, -0.05) is 84.9 Å². The molecule has 0 saturated carbocycles. The first-order valence-electron chi connectivity index (χ1n) is 8.62. The van der Waals surface area contributed by atoms with Crippen LogP contribution in [0.3, 0.4) is 0 Å². The number of rotatable bonds is 5. The van der Waals surface area contributed by atoms with E-state index in [9.17, 15) is 0 Å². The third-order valence-electron chi connectivity index (χ3n) is 4.76. The lowest BCUT2D eigenvalue weighted by atomic mass is 9.77. The molecule has 4 rings (SSSR count). The van der Waals surface area contributed by atoms with Crippen molar-refractivity contribution in [3.8, 4) is 0 Å². The van der Waals surface area contributed by atoms with Gasteiger partial charge < -0.3 is 0 Å². The van der Waals surface area contributed by atoms with Crippen LogP contribution in [-0.2, 0) is 11.4 Å². The monoisotopic (exact) mass is 358 g/mol. The van der Waals surface area contributed by atoms with Gasteiger partial charge in [-0.3, -0.25) is 4.68 Å². The normalized spacial score (nSPS) is 11.4. The molecule has 3 aromatic carbocycles. The summed E-state index contributed by atoms with van der Waals surface area (Å²) in [5.41, 5.74) is 4.03. The number of nitrogens with zero attached hydrogens (tertiary/aromatic N) is 2. The molecule has 0 aliphatic carbocycles. The molecule has 0 atom stereocenters. The van der Waals surface area contributed by atoms with Crippen LogP contribution in [0.25, 0.3) is 0 Å². The van der Waals surface area contributed by atoms with Crippen LogP contribution in [-0.4, -0.2) is 9.78 Å². The van der Waals surface area contributed by atoms with E-state index in [1.807, 2.05) is 35.3 Å². The Morgan fingerprint density at radius 2 is 1.23 bits per heavy atom. The number of aromatic nitrogens is 2. The Kier molecular flexibility index (Phi) is 4.59. The summed E-state index contributed by atoms with van der Waals surface area (Å²) in [7, 11) is 0. The van der Waals surface area contributed by atoms with Gasteiger partial charge in [0.1, 0.15) is 5.54 Å². The fourth-order valence-electron chi connectivity index (χ4n) is 3.56. The van der Waals surface area contributed by atoms with Crippen molar-refractivity contribution in [2.24, 2.45) is 0 Å². The van der Waals surface area contributed by atoms with Crippen molar-refractivity contribution in [2.45, 2.75) is 11.4 Å². The zero-order valence-electron chi connectivity index (χ0n) is 14.3.